The smallest absolute Gasteiger partial charge is 0.191 e. The second kappa shape index (κ2) is 11.7. The topological polar surface area (TPSA) is 48.9 Å². The molecule has 130 valence electrons. The summed E-state index contributed by atoms with van der Waals surface area (Å²) in [6.07, 6.45) is 5.03. The minimum Gasteiger partial charge on any atom is -0.382 e. The van der Waals surface area contributed by atoms with Gasteiger partial charge in [-0.2, -0.15) is 0 Å². The van der Waals surface area contributed by atoms with Gasteiger partial charge in [-0.05, 0) is 53.5 Å². The molecule has 1 rings (SSSR count). The molecule has 1 saturated heterocycles. The fourth-order valence-corrected chi connectivity index (χ4v) is 2.97. The zero-order valence-corrected chi connectivity index (χ0v) is 15.0. The van der Waals surface area contributed by atoms with Crippen LogP contribution in [0.1, 0.15) is 53.4 Å². The summed E-state index contributed by atoms with van der Waals surface area (Å²) < 4.78 is 5.36. The lowest BCUT2D eigenvalue weighted by Gasteiger charge is -2.37. The standard InChI is InChI=1S/C17H36N4O/c1-5-18-17(19-11-9-13-22-6-2)20-14-16(4)21-12-8-7-10-15(21)3/h15-16H,5-14H2,1-4H3,(H2,18,19,20). The number of nitrogens with one attached hydrogen (secondary N) is 2. The van der Waals surface area contributed by atoms with Crippen molar-refractivity contribution in [2.75, 3.05) is 39.4 Å². The van der Waals surface area contributed by atoms with Crippen LogP contribution in [0, 0.1) is 0 Å². The third-order valence-corrected chi connectivity index (χ3v) is 4.24. The fraction of sp³-hybridized carbons (Fsp3) is 0.941. The predicted octanol–water partition coefficient (Wildman–Crippen LogP) is 2.23. The largest absolute Gasteiger partial charge is 0.382 e. The Balaban J connectivity index is 2.36. The zero-order valence-electron chi connectivity index (χ0n) is 15.0. The summed E-state index contributed by atoms with van der Waals surface area (Å²) in [5, 5.41) is 6.71. The van der Waals surface area contributed by atoms with Gasteiger partial charge in [0.15, 0.2) is 5.96 Å². The first-order valence-corrected chi connectivity index (χ1v) is 9.04. The quantitative estimate of drug-likeness (QED) is 0.389. The molecule has 0 aliphatic carbocycles. The van der Waals surface area contributed by atoms with Gasteiger partial charge in [0, 0.05) is 38.4 Å². The molecule has 5 heteroatoms. The average Bonchev–Trinajstić information content (AvgIpc) is 2.52. The van der Waals surface area contributed by atoms with Gasteiger partial charge in [-0.15, -0.1) is 0 Å². The van der Waals surface area contributed by atoms with Gasteiger partial charge in [0.2, 0.25) is 0 Å². The number of hydrogen-bond acceptors (Lipinski definition) is 3. The molecule has 5 nitrogen and oxygen atoms in total. The molecule has 0 spiro atoms. The zero-order chi connectivity index (χ0) is 16.2. The highest BCUT2D eigenvalue weighted by molar-refractivity contribution is 5.79. The second-order valence-electron chi connectivity index (χ2n) is 6.13. The van der Waals surface area contributed by atoms with Crippen molar-refractivity contribution in [2.24, 2.45) is 4.99 Å². The van der Waals surface area contributed by atoms with Crippen LogP contribution in [0.3, 0.4) is 0 Å². The molecule has 0 radical (unpaired) electrons. The number of likely N-dealkylation sites (tertiary alicyclic amines) is 1. The molecule has 0 aromatic carbocycles. The lowest BCUT2D eigenvalue weighted by atomic mass is 10.0. The minimum atomic E-state index is 0.509. The first-order chi connectivity index (χ1) is 10.7. The van der Waals surface area contributed by atoms with E-state index in [0.717, 1.165) is 45.2 Å². The minimum absolute atomic E-state index is 0.509. The summed E-state index contributed by atoms with van der Waals surface area (Å²) in [6, 6.07) is 1.20. The van der Waals surface area contributed by atoms with Gasteiger partial charge in [-0.3, -0.25) is 9.89 Å². The van der Waals surface area contributed by atoms with E-state index in [1.54, 1.807) is 0 Å². The number of guanidine groups is 1. The van der Waals surface area contributed by atoms with Crippen LogP contribution < -0.4 is 10.6 Å². The summed E-state index contributed by atoms with van der Waals surface area (Å²) in [5.74, 6) is 0.926. The summed E-state index contributed by atoms with van der Waals surface area (Å²) in [6.45, 7) is 14.2. The summed E-state index contributed by atoms with van der Waals surface area (Å²) >= 11 is 0. The second-order valence-corrected chi connectivity index (χ2v) is 6.13. The van der Waals surface area contributed by atoms with Crippen molar-refractivity contribution in [1.29, 1.82) is 0 Å². The molecule has 1 fully saturated rings. The van der Waals surface area contributed by atoms with Crippen LogP contribution in [0.15, 0.2) is 4.99 Å². The number of hydrogen-bond donors (Lipinski definition) is 2. The van der Waals surface area contributed by atoms with E-state index in [1.165, 1.54) is 25.8 Å². The maximum Gasteiger partial charge on any atom is 0.191 e. The summed E-state index contributed by atoms with van der Waals surface area (Å²) in [7, 11) is 0. The highest BCUT2D eigenvalue weighted by Gasteiger charge is 2.22. The van der Waals surface area contributed by atoms with Gasteiger partial charge in [-0.25, -0.2) is 0 Å². The van der Waals surface area contributed by atoms with Crippen molar-refractivity contribution in [1.82, 2.24) is 15.5 Å². The van der Waals surface area contributed by atoms with Crippen LogP contribution in [-0.4, -0.2) is 62.3 Å². The third-order valence-electron chi connectivity index (χ3n) is 4.24. The van der Waals surface area contributed by atoms with Gasteiger partial charge in [0.1, 0.15) is 0 Å². The Bertz CT molecular complexity index is 309. The Kier molecular flexibility index (Phi) is 10.2. The van der Waals surface area contributed by atoms with E-state index in [1.807, 2.05) is 6.92 Å². The van der Waals surface area contributed by atoms with Crippen LogP contribution in [0.4, 0.5) is 0 Å². The van der Waals surface area contributed by atoms with Gasteiger partial charge < -0.3 is 15.4 Å². The lowest BCUT2D eigenvalue weighted by molar-refractivity contribution is 0.118. The van der Waals surface area contributed by atoms with Crippen LogP contribution in [0.25, 0.3) is 0 Å². The monoisotopic (exact) mass is 312 g/mol. The maximum atomic E-state index is 5.36. The predicted molar refractivity (Wildman–Crippen MR) is 94.6 cm³/mol. The van der Waals surface area contributed by atoms with Crippen molar-refractivity contribution in [3.8, 4) is 0 Å². The summed E-state index contributed by atoms with van der Waals surface area (Å²) in [5.41, 5.74) is 0. The van der Waals surface area contributed by atoms with Crippen molar-refractivity contribution in [3.63, 3.8) is 0 Å². The summed E-state index contributed by atoms with van der Waals surface area (Å²) in [4.78, 5) is 7.36. The number of aliphatic imine (C=N–C) groups is 1. The maximum absolute atomic E-state index is 5.36. The Labute approximate surface area is 136 Å². The molecule has 1 aliphatic rings. The highest BCUT2D eigenvalue weighted by atomic mass is 16.5. The number of nitrogens with zero attached hydrogens (tertiary/aromatic N) is 2. The Morgan fingerprint density at radius 2 is 2.14 bits per heavy atom. The first-order valence-electron chi connectivity index (χ1n) is 9.04. The SMILES string of the molecule is CCNC(=NCC(C)N1CCCCC1C)NCCCOCC. The number of rotatable bonds is 9. The fourth-order valence-electron chi connectivity index (χ4n) is 2.97. The average molecular weight is 313 g/mol. The van der Waals surface area contributed by atoms with Gasteiger partial charge in [-0.1, -0.05) is 6.42 Å². The van der Waals surface area contributed by atoms with E-state index in [0.29, 0.717) is 12.1 Å². The molecule has 0 aromatic rings. The van der Waals surface area contributed by atoms with Crippen molar-refractivity contribution in [2.45, 2.75) is 65.5 Å². The van der Waals surface area contributed by atoms with Crippen molar-refractivity contribution >= 4 is 5.96 Å². The lowest BCUT2D eigenvalue weighted by Crippen LogP contribution is -2.45. The molecule has 1 heterocycles. The molecule has 2 atom stereocenters. The molecule has 0 aromatic heterocycles. The van der Waals surface area contributed by atoms with E-state index in [-0.39, 0.29) is 0 Å². The normalized spacial score (nSPS) is 21.6. The third kappa shape index (κ3) is 7.45. The van der Waals surface area contributed by atoms with Crippen molar-refractivity contribution < 1.29 is 4.74 Å². The number of piperidine rings is 1. The molecule has 0 amide bonds. The molecule has 2 unspecified atom stereocenters. The van der Waals surface area contributed by atoms with E-state index >= 15 is 0 Å². The first kappa shape index (κ1) is 19.2. The van der Waals surface area contributed by atoms with Gasteiger partial charge >= 0.3 is 0 Å². The highest BCUT2D eigenvalue weighted by Crippen LogP contribution is 2.18. The molecule has 2 N–H and O–H groups in total. The molecule has 1 aliphatic heterocycles. The van der Waals surface area contributed by atoms with Crippen LogP contribution >= 0.6 is 0 Å². The molecule has 22 heavy (non-hydrogen) atoms. The van der Waals surface area contributed by atoms with Crippen LogP contribution in [0.5, 0.6) is 0 Å². The number of ether oxygens (including phenoxy) is 1. The molecule has 0 bridgehead atoms. The van der Waals surface area contributed by atoms with Gasteiger partial charge in [0.25, 0.3) is 0 Å². The van der Waals surface area contributed by atoms with Gasteiger partial charge in [0.05, 0.1) is 6.54 Å². The molecular formula is C17H36N4O. The molecule has 0 saturated carbocycles. The Morgan fingerprint density at radius 3 is 2.82 bits per heavy atom. The van der Waals surface area contributed by atoms with Crippen LogP contribution in [-0.2, 0) is 4.74 Å². The van der Waals surface area contributed by atoms with E-state index in [4.69, 9.17) is 9.73 Å². The van der Waals surface area contributed by atoms with E-state index in [9.17, 15) is 0 Å². The molecular weight excluding hydrogens is 276 g/mol. The van der Waals surface area contributed by atoms with E-state index < -0.39 is 0 Å². The Morgan fingerprint density at radius 1 is 1.32 bits per heavy atom. The Hall–Kier alpha value is -0.810. The van der Waals surface area contributed by atoms with E-state index in [2.05, 4.69) is 36.3 Å². The van der Waals surface area contributed by atoms with Crippen molar-refractivity contribution in [3.05, 3.63) is 0 Å². The van der Waals surface area contributed by atoms with Crippen LogP contribution in [0.2, 0.25) is 0 Å².